The summed E-state index contributed by atoms with van der Waals surface area (Å²) >= 11 is 0. The molecule has 1 aliphatic carbocycles. The molecule has 0 fully saturated rings. The van der Waals surface area contributed by atoms with Gasteiger partial charge in [0, 0.05) is 0 Å². The molecule has 0 saturated carbocycles. The summed E-state index contributed by atoms with van der Waals surface area (Å²) in [5.74, 6) is 0. The molecule has 46 heavy (non-hydrogen) atoms. The summed E-state index contributed by atoms with van der Waals surface area (Å²) in [5, 5.41) is 10.4. The van der Waals surface area contributed by atoms with E-state index in [-0.39, 0.29) is 0 Å². The van der Waals surface area contributed by atoms with Gasteiger partial charge in [-0.2, -0.15) is 0 Å². The molecule has 0 saturated heterocycles. The summed E-state index contributed by atoms with van der Waals surface area (Å²) in [5.41, 5.74) is 13.0. The van der Waals surface area contributed by atoms with E-state index < -0.39 is 0 Å². The van der Waals surface area contributed by atoms with Crippen LogP contribution in [-0.4, -0.2) is 0 Å². The van der Waals surface area contributed by atoms with Gasteiger partial charge < -0.3 is 0 Å². The average molecular weight is 581 g/mol. The SMILES string of the molecule is c1ccc2c(c1)-c1cccc3c(-c4c5ccccc5c(-c5ccc(-c6cccc7ccccc67)cc5)c5ccccc45)ccc-2c13. The summed E-state index contributed by atoms with van der Waals surface area (Å²) in [7, 11) is 0. The Balaban J connectivity index is 1.22. The highest BCUT2D eigenvalue weighted by Gasteiger charge is 2.24. The van der Waals surface area contributed by atoms with Crippen LogP contribution in [0.25, 0.3) is 98.7 Å². The van der Waals surface area contributed by atoms with Crippen LogP contribution < -0.4 is 0 Å². The summed E-state index contributed by atoms with van der Waals surface area (Å²) in [4.78, 5) is 0. The highest BCUT2D eigenvalue weighted by Crippen LogP contribution is 2.51. The van der Waals surface area contributed by atoms with Crippen LogP contribution >= 0.6 is 0 Å². The van der Waals surface area contributed by atoms with E-state index in [0.29, 0.717) is 0 Å². The first kappa shape index (κ1) is 25.4. The van der Waals surface area contributed by atoms with Crippen molar-refractivity contribution in [2.24, 2.45) is 0 Å². The summed E-state index contributed by atoms with van der Waals surface area (Å²) in [6.45, 7) is 0. The molecule has 9 aromatic rings. The van der Waals surface area contributed by atoms with Gasteiger partial charge >= 0.3 is 0 Å². The van der Waals surface area contributed by atoms with Gasteiger partial charge in [-0.1, -0.05) is 170 Å². The van der Waals surface area contributed by atoms with E-state index >= 15 is 0 Å². The Kier molecular flexibility index (Phi) is 5.38. The molecule has 0 radical (unpaired) electrons. The molecule has 0 N–H and O–H groups in total. The molecule has 9 aromatic carbocycles. The first-order chi connectivity index (χ1) is 22.8. The van der Waals surface area contributed by atoms with Gasteiger partial charge in [-0.15, -0.1) is 0 Å². The van der Waals surface area contributed by atoms with E-state index in [1.54, 1.807) is 0 Å². The van der Waals surface area contributed by atoms with Crippen molar-refractivity contribution in [2.45, 2.75) is 0 Å². The minimum atomic E-state index is 1.23. The van der Waals surface area contributed by atoms with Crippen molar-refractivity contribution in [1.82, 2.24) is 0 Å². The molecule has 10 rings (SSSR count). The van der Waals surface area contributed by atoms with Crippen LogP contribution in [0.4, 0.5) is 0 Å². The molecule has 0 spiro atoms. The molecular weight excluding hydrogens is 553 g/mol. The minimum Gasteiger partial charge on any atom is -0.0616 e. The van der Waals surface area contributed by atoms with Gasteiger partial charge in [0.2, 0.25) is 0 Å². The van der Waals surface area contributed by atoms with Crippen molar-refractivity contribution in [2.75, 3.05) is 0 Å². The molecule has 0 unspecified atom stereocenters. The Morgan fingerprint density at radius 2 is 0.652 bits per heavy atom. The van der Waals surface area contributed by atoms with E-state index in [0.717, 1.165) is 0 Å². The standard InChI is InChI=1S/C46H28/c1-2-13-32-29(11-1)12-9-20-33(32)30-23-25-31(26-24-30)44-37-16-5-7-18-39(37)46(40-19-8-6-17-38(40)44)43-28-27-42-35-15-4-3-14-34(35)36-21-10-22-41(43)45(36)42/h1-28H. The normalized spacial score (nSPS) is 11.9. The molecule has 0 aliphatic heterocycles. The quantitative estimate of drug-likeness (QED) is 0.182. The smallest absolute Gasteiger partial charge is 0.00201 e. The average Bonchev–Trinajstić information content (AvgIpc) is 3.46. The summed E-state index contributed by atoms with van der Waals surface area (Å²) in [6, 6.07) is 62.7. The Labute approximate surface area is 267 Å². The molecule has 0 atom stereocenters. The zero-order valence-corrected chi connectivity index (χ0v) is 25.2. The lowest BCUT2D eigenvalue weighted by Gasteiger charge is -2.19. The molecule has 212 valence electrons. The predicted octanol–water partition coefficient (Wildman–Crippen LogP) is 12.9. The second-order valence-electron chi connectivity index (χ2n) is 12.4. The van der Waals surface area contributed by atoms with Crippen LogP contribution in [0, 0.1) is 0 Å². The topological polar surface area (TPSA) is 0 Å². The number of hydrogen-bond acceptors (Lipinski definition) is 0. The number of rotatable bonds is 3. The van der Waals surface area contributed by atoms with Crippen LogP contribution in [0.3, 0.4) is 0 Å². The van der Waals surface area contributed by atoms with Crippen molar-refractivity contribution in [3.63, 3.8) is 0 Å². The van der Waals surface area contributed by atoms with Gasteiger partial charge in [0.05, 0.1) is 0 Å². The number of fused-ring (bicyclic) bond motifs is 6. The Morgan fingerprint density at radius 3 is 1.35 bits per heavy atom. The highest BCUT2D eigenvalue weighted by molar-refractivity contribution is 6.26. The monoisotopic (exact) mass is 580 g/mol. The Hall–Kier alpha value is -5.98. The summed E-state index contributed by atoms with van der Waals surface area (Å²) < 4.78 is 0. The maximum atomic E-state index is 2.36. The van der Waals surface area contributed by atoms with Gasteiger partial charge in [0.25, 0.3) is 0 Å². The van der Waals surface area contributed by atoms with Gasteiger partial charge in [-0.05, 0) is 98.7 Å². The van der Waals surface area contributed by atoms with Crippen molar-refractivity contribution in [3.05, 3.63) is 170 Å². The molecule has 0 heteroatoms. The first-order valence-electron chi connectivity index (χ1n) is 16.0. The van der Waals surface area contributed by atoms with Crippen LogP contribution in [-0.2, 0) is 0 Å². The van der Waals surface area contributed by atoms with E-state index in [1.165, 1.54) is 98.7 Å². The fourth-order valence-corrected chi connectivity index (χ4v) is 8.05. The lowest BCUT2D eigenvalue weighted by atomic mass is 9.84. The van der Waals surface area contributed by atoms with Crippen LogP contribution in [0.1, 0.15) is 0 Å². The van der Waals surface area contributed by atoms with Gasteiger partial charge in [-0.25, -0.2) is 0 Å². The molecule has 0 aromatic heterocycles. The first-order valence-corrected chi connectivity index (χ1v) is 16.0. The Morgan fingerprint density at radius 1 is 0.217 bits per heavy atom. The van der Waals surface area contributed by atoms with Crippen molar-refractivity contribution >= 4 is 43.1 Å². The molecule has 1 aliphatic rings. The number of benzene rings is 9. The van der Waals surface area contributed by atoms with Crippen molar-refractivity contribution in [1.29, 1.82) is 0 Å². The third kappa shape index (κ3) is 3.56. The maximum Gasteiger partial charge on any atom is -0.00201 e. The zero-order valence-electron chi connectivity index (χ0n) is 25.2. The van der Waals surface area contributed by atoms with Crippen molar-refractivity contribution < 1.29 is 0 Å². The molecule has 0 nitrogen and oxygen atoms in total. The van der Waals surface area contributed by atoms with Crippen LogP contribution in [0.2, 0.25) is 0 Å². The van der Waals surface area contributed by atoms with Crippen LogP contribution in [0.5, 0.6) is 0 Å². The third-order valence-corrected chi connectivity index (χ3v) is 10.0. The molecule has 0 amide bonds. The summed E-state index contributed by atoms with van der Waals surface area (Å²) in [6.07, 6.45) is 0. The fraction of sp³-hybridized carbons (Fsp3) is 0. The molecule has 0 bridgehead atoms. The lowest BCUT2D eigenvalue weighted by Crippen LogP contribution is -1.92. The zero-order chi connectivity index (χ0) is 30.2. The number of hydrogen-bond donors (Lipinski definition) is 0. The Bertz CT molecular complexity index is 2580. The fourth-order valence-electron chi connectivity index (χ4n) is 8.05. The minimum absolute atomic E-state index is 1.23. The van der Waals surface area contributed by atoms with Crippen molar-refractivity contribution in [3.8, 4) is 55.6 Å². The van der Waals surface area contributed by atoms with E-state index in [1.807, 2.05) is 0 Å². The van der Waals surface area contributed by atoms with Gasteiger partial charge in [-0.3, -0.25) is 0 Å². The van der Waals surface area contributed by atoms with E-state index in [4.69, 9.17) is 0 Å². The van der Waals surface area contributed by atoms with Gasteiger partial charge in [0.15, 0.2) is 0 Å². The van der Waals surface area contributed by atoms with Gasteiger partial charge in [0.1, 0.15) is 0 Å². The maximum absolute atomic E-state index is 2.36. The molecule has 0 heterocycles. The third-order valence-electron chi connectivity index (χ3n) is 10.0. The largest absolute Gasteiger partial charge is 0.0616 e. The van der Waals surface area contributed by atoms with E-state index in [2.05, 4.69) is 170 Å². The molecular formula is C46H28. The second kappa shape index (κ2) is 9.76. The highest BCUT2D eigenvalue weighted by atomic mass is 14.3. The lowest BCUT2D eigenvalue weighted by molar-refractivity contribution is 1.63. The van der Waals surface area contributed by atoms with Crippen LogP contribution in [0.15, 0.2) is 170 Å². The van der Waals surface area contributed by atoms with E-state index in [9.17, 15) is 0 Å². The second-order valence-corrected chi connectivity index (χ2v) is 12.4. The predicted molar refractivity (Wildman–Crippen MR) is 197 cm³/mol.